The molecule has 1 heterocycles. The summed E-state index contributed by atoms with van der Waals surface area (Å²) in [6.45, 7) is 0.220. The average molecular weight is 320 g/mol. The number of benzene rings is 1. The van der Waals surface area contributed by atoms with Crippen molar-refractivity contribution >= 4 is 23.3 Å². The number of aromatic nitrogens is 1. The number of amides is 2. The number of ether oxygens (including phenoxy) is 1. The van der Waals surface area contributed by atoms with E-state index in [-0.39, 0.29) is 24.7 Å². The fraction of sp³-hybridized carbons (Fsp3) is 0.214. The standard InChI is InChI=1S/C14H15N3O4S/c1-21-10-5-3-2-4-9(10)12-11(17-8-22-12)13(18)15-6-7-16-14(19)20/h2-5,8,16H,6-7H2,1H3,(H,15,18)(H,19,20)/p-1. The second-order valence-corrected chi connectivity index (χ2v) is 5.06. The molecule has 1 aromatic carbocycles. The van der Waals surface area contributed by atoms with Crippen molar-refractivity contribution in [3.8, 4) is 16.2 Å². The highest BCUT2D eigenvalue weighted by molar-refractivity contribution is 7.13. The normalized spacial score (nSPS) is 10.0. The van der Waals surface area contributed by atoms with Gasteiger partial charge in [0.15, 0.2) is 0 Å². The lowest BCUT2D eigenvalue weighted by Crippen LogP contribution is -2.41. The quantitative estimate of drug-likeness (QED) is 0.754. The Hall–Kier alpha value is -2.61. The van der Waals surface area contributed by atoms with Crippen LogP contribution in [0.4, 0.5) is 4.79 Å². The van der Waals surface area contributed by atoms with Gasteiger partial charge in [-0.25, -0.2) is 4.98 Å². The highest BCUT2D eigenvalue weighted by atomic mass is 32.1. The Balaban J connectivity index is 2.12. The van der Waals surface area contributed by atoms with E-state index in [1.54, 1.807) is 18.7 Å². The summed E-state index contributed by atoms with van der Waals surface area (Å²) in [4.78, 5) is 27.1. The summed E-state index contributed by atoms with van der Waals surface area (Å²) in [5.74, 6) is 0.279. The van der Waals surface area contributed by atoms with Crippen molar-refractivity contribution in [2.75, 3.05) is 20.2 Å². The number of nitrogens with one attached hydrogen (secondary N) is 2. The van der Waals surface area contributed by atoms with E-state index in [1.165, 1.54) is 11.3 Å². The number of para-hydroxylation sites is 1. The fourth-order valence-corrected chi connectivity index (χ4v) is 2.67. The number of carbonyl (C=O) groups is 2. The third-order valence-corrected chi connectivity index (χ3v) is 3.67. The number of methoxy groups -OCH3 is 1. The first kappa shape index (κ1) is 15.8. The smallest absolute Gasteiger partial charge is 0.271 e. The van der Waals surface area contributed by atoms with Crippen LogP contribution in [-0.2, 0) is 0 Å². The van der Waals surface area contributed by atoms with E-state index in [0.717, 1.165) is 5.56 Å². The van der Waals surface area contributed by atoms with Crippen LogP contribution >= 0.6 is 11.3 Å². The Labute approximate surface area is 131 Å². The fourth-order valence-electron chi connectivity index (χ4n) is 1.86. The molecule has 8 heteroatoms. The number of carbonyl (C=O) groups excluding carboxylic acids is 2. The maximum absolute atomic E-state index is 12.1. The van der Waals surface area contributed by atoms with Crippen LogP contribution in [0.3, 0.4) is 0 Å². The van der Waals surface area contributed by atoms with Crippen molar-refractivity contribution in [2.45, 2.75) is 0 Å². The van der Waals surface area contributed by atoms with Gasteiger partial charge in [-0.05, 0) is 12.1 Å². The Kier molecular flexibility index (Phi) is 5.31. The first-order chi connectivity index (χ1) is 10.6. The molecule has 0 radical (unpaired) electrons. The second-order valence-electron chi connectivity index (χ2n) is 4.20. The minimum Gasteiger partial charge on any atom is -0.530 e. The Bertz CT molecular complexity index is 672. The van der Waals surface area contributed by atoms with E-state index in [1.807, 2.05) is 18.2 Å². The number of carboxylic acid groups (broad SMARTS) is 1. The lowest BCUT2D eigenvalue weighted by Gasteiger charge is -2.09. The lowest BCUT2D eigenvalue weighted by molar-refractivity contribution is -0.250. The number of hydrogen-bond donors (Lipinski definition) is 2. The van der Waals surface area contributed by atoms with E-state index in [4.69, 9.17) is 4.74 Å². The van der Waals surface area contributed by atoms with Crippen LogP contribution in [0.2, 0.25) is 0 Å². The molecule has 0 aliphatic rings. The van der Waals surface area contributed by atoms with Gasteiger partial charge in [-0.2, -0.15) is 0 Å². The second kappa shape index (κ2) is 7.41. The zero-order valence-electron chi connectivity index (χ0n) is 11.8. The van der Waals surface area contributed by atoms with Crippen LogP contribution < -0.4 is 20.5 Å². The van der Waals surface area contributed by atoms with Crippen molar-refractivity contribution in [3.63, 3.8) is 0 Å². The molecular formula is C14H14N3O4S-. The van der Waals surface area contributed by atoms with Gasteiger partial charge in [-0.1, -0.05) is 12.1 Å². The monoisotopic (exact) mass is 320 g/mol. The molecule has 7 nitrogen and oxygen atoms in total. The summed E-state index contributed by atoms with van der Waals surface area (Å²) in [6.07, 6.45) is -1.38. The minimum absolute atomic E-state index is 0.0716. The van der Waals surface area contributed by atoms with Crippen LogP contribution in [0, 0.1) is 0 Å². The number of thiazole rings is 1. The van der Waals surface area contributed by atoms with Crippen LogP contribution in [0.5, 0.6) is 5.75 Å². The molecule has 2 rings (SSSR count). The van der Waals surface area contributed by atoms with Gasteiger partial charge in [0, 0.05) is 18.7 Å². The summed E-state index contributed by atoms with van der Waals surface area (Å²) >= 11 is 1.33. The number of nitrogens with zero attached hydrogens (tertiary/aromatic N) is 1. The molecule has 2 N–H and O–H groups in total. The Morgan fingerprint density at radius 1 is 1.27 bits per heavy atom. The highest BCUT2D eigenvalue weighted by Crippen LogP contribution is 2.34. The SMILES string of the molecule is COc1ccccc1-c1scnc1C(=O)NCCNC(=O)[O-]. The summed E-state index contributed by atoms with van der Waals surface area (Å²) in [5.41, 5.74) is 2.64. The average Bonchev–Trinajstić information content (AvgIpc) is 3.00. The van der Waals surface area contributed by atoms with Crippen LogP contribution in [-0.4, -0.2) is 37.2 Å². The molecule has 2 aromatic rings. The molecule has 0 saturated carbocycles. The zero-order valence-corrected chi connectivity index (χ0v) is 12.6. The molecule has 0 bridgehead atoms. The number of rotatable bonds is 6. The molecule has 0 saturated heterocycles. The van der Waals surface area contributed by atoms with Crippen LogP contribution in [0.1, 0.15) is 10.5 Å². The van der Waals surface area contributed by atoms with Crippen molar-refractivity contribution in [1.82, 2.24) is 15.6 Å². The van der Waals surface area contributed by atoms with Gasteiger partial charge in [0.2, 0.25) is 0 Å². The predicted octanol–water partition coefficient (Wildman–Crippen LogP) is 0.481. The van der Waals surface area contributed by atoms with Crippen molar-refractivity contribution in [2.24, 2.45) is 0 Å². The van der Waals surface area contributed by atoms with Crippen LogP contribution in [0.25, 0.3) is 10.4 Å². The van der Waals surface area contributed by atoms with Crippen molar-refractivity contribution in [1.29, 1.82) is 0 Å². The summed E-state index contributed by atoms with van der Waals surface area (Å²) < 4.78 is 5.29. The lowest BCUT2D eigenvalue weighted by atomic mass is 10.1. The largest absolute Gasteiger partial charge is 0.530 e. The summed E-state index contributed by atoms with van der Waals surface area (Å²) in [5, 5.41) is 14.9. The molecule has 116 valence electrons. The molecule has 0 aliphatic heterocycles. The molecule has 1 aromatic heterocycles. The molecule has 22 heavy (non-hydrogen) atoms. The van der Waals surface area contributed by atoms with E-state index in [9.17, 15) is 14.7 Å². The van der Waals surface area contributed by atoms with Gasteiger partial charge < -0.3 is 25.3 Å². The maximum Gasteiger partial charge on any atom is 0.271 e. The van der Waals surface area contributed by atoms with Gasteiger partial charge in [0.25, 0.3) is 5.91 Å². The van der Waals surface area contributed by atoms with Crippen molar-refractivity contribution in [3.05, 3.63) is 35.5 Å². The maximum atomic E-state index is 12.1. The first-order valence-corrected chi connectivity index (χ1v) is 7.31. The molecule has 2 amide bonds. The predicted molar refractivity (Wildman–Crippen MR) is 79.8 cm³/mol. The molecular weight excluding hydrogens is 306 g/mol. The Morgan fingerprint density at radius 2 is 2.00 bits per heavy atom. The molecule has 0 spiro atoms. The third-order valence-electron chi connectivity index (χ3n) is 2.81. The molecule has 0 atom stereocenters. The first-order valence-electron chi connectivity index (χ1n) is 6.43. The number of hydrogen-bond acceptors (Lipinski definition) is 6. The molecule has 0 unspecified atom stereocenters. The van der Waals surface area contributed by atoms with E-state index in [2.05, 4.69) is 15.6 Å². The minimum atomic E-state index is -1.38. The van der Waals surface area contributed by atoms with Gasteiger partial charge in [-0.3, -0.25) is 4.79 Å². The summed E-state index contributed by atoms with van der Waals surface area (Å²) in [7, 11) is 1.56. The van der Waals surface area contributed by atoms with Gasteiger partial charge in [0.05, 0.1) is 17.5 Å². The Morgan fingerprint density at radius 3 is 2.73 bits per heavy atom. The zero-order chi connectivity index (χ0) is 15.9. The molecule has 0 fully saturated rings. The van der Waals surface area contributed by atoms with E-state index >= 15 is 0 Å². The highest BCUT2D eigenvalue weighted by Gasteiger charge is 2.18. The van der Waals surface area contributed by atoms with Crippen LogP contribution in [0.15, 0.2) is 29.8 Å². The van der Waals surface area contributed by atoms with Gasteiger partial charge in [-0.15, -0.1) is 11.3 Å². The van der Waals surface area contributed by atoms with Crippen molar-refractivity contribution < 1.29 is 19.4 Å². The topological polar surface area (TPSA) is 103 Å². The van der Waals surface area contributed by atoms with Gasteiger partial charge in [0.1, 0.15) is 17.5 Å². The van der Waals surface area contributed by atoms with E-state index in [0.29, 0.717) is 10.6 Å². The third kappa shape index (κ3) is 3.73. The molecule has 0 aliphatic carbocycles. The van der Waals surface area contributed by atoms with Gasteiger partial charge >= 0.3 is 0 Å². The summed E-state index contributed by atoms with van der Waals surface area (Å²) in [6, 6.07) is 7.35. The van der Waals surface area contributed by atoms with E-state index < -0.39 is 6.09 Å².